The number of nitrogens with zero attached hydrogens (tertiary/aromatic N) is 4. The minimum atomic E-state index is 0.106. The lowest BCUT2D eigenvalue weighted by atomic mass is 9.89. The predicted molar refractivity (Wildman–Crippen MR) is 130 cm³/mol. The summed E-state index contributed by atoms with van der Waals surface area (Å²) in [4.78, 5) is 24.1. The van der Waals surface area contributed by atoms with Crippen molar-refractivity contribution in [3.8, 4) is 0 Å². The summed E-state index contributed by atoms with van der Waals surface area (Å²) >= 11 is 0. The van der Waals surface area contributed by atoms with Crippen LogP contribution in [0.15, 0.2) is 49.2 Å². The van der Waals surface area contributed by atoms with Crippen LogP contribution in [0.3, 0.4) is 0 Å². The molecule has 0 aliphatic carbocycles. The SMILES string of the molecule is C=CCC(C)(C)CN(C)c1ccc(C(=O)N2CCN(c3ncc(C)cc3C)CC2)cc1. The van der Waals surface area contributed by atoms with Crippen molar-refractivity contribution in [1.82, 2.24) is 9.88 Å². The van der Waals surface area contributed by atoms with E-state index in [-0.39, 0.29) is 11.3 Å². The van der Waals surface area contributed by atoms with Gasteiger partial charge in [-0.15, -0.1) is 6.58 Å². The zero-order valence-corrected chi connectivity index (χ0v) is 19.7. The standard InChI is InChI=1S/C26H36N4O/c1-7-12-26(4,5)19-28(6)23-10-8-22(9-11-23)25(31)30-15-13-29(14-16-30)24-21(3)17-20(2)18-27-24/h7-11,17-18H,1,12-16,19H2,2-6H3. The smallest absolute Gasteiger partial charge is 0.253 e. The van der Waals surface area contributed by atoms with Crippen molar-refractivity contribution in [2.24, 2.45) is 5.41 Å². The molecule has 1 aromatic heterocycles. The van der Waals surface area contributed by atoms with E-state index >= 15 is 0 Å². The Kier molecular flexibility index (Phi) is 7.04. The van der Waals surface area contributed by atoms with Crippen molar-refractivity contribution in [2.75, 3.05) is 49.6 Å². The van der Waals surface area contributed by atoms with Gasteiger partial charge in [-0.1, -0.05) is 26.0 Å². The molecule has 0 atom stereocenters. The second-order valence-electron chi connectivity index (χ2n) is 9.49. The molecule has 1 saturated heterocycles. The number of benzene rings is 1. The molecule has 1 aliphatic heterocycles. The van der Waals surface area contributed by atoms with Crippen LogP contribution in [0, 0.1) is 19.3 Å². The van der Waals surface area contributed by atoms with Gasteiger partial charge in [0.25, 0.3) is 5.91 Å². The highest BCUT2D eigenvalue weighted by atomic mass is 16.2. The molecule has 0 bridgehead atoms. The molecule has 1 aliphatic rings. The van der Waals surface area contributed by atoms with Crippen LogP contribution >= 0.6 is 0 Å². The molecule has 31 heavy (non-hydrogen) atoms. The Hall–Kier alpha value is -2.82. The van der Waals surface area contributed by atoms with Gasteiger partial charge in [0.05, 0.1) is 0 Å². The van der Waals surface area contributed by atoms with Gasteiger partial charge in [-0.05, 0) is 61.1 Å². The van der Waals surface area contributed by atoms with Gasteiger partial charge in [0.2, 0.25) is 0 Å². The van der Waals surface area contributed by atoms with Gasteiger partial charge < -0.3 is 14.7 Å². The summed E-state index contributed by atoms with van der Waals surface area (Å²) in [6, 6.07) is 10.2. The van der Waals surface area contributed by atoms with Gasteiger partial charge >= 0.3 is 0 Å². The van der Waals surface area contributed by atoms with E-state index in [1.54, 1.807) is 0 Å². The van der Waals surface area contributed by atoms with Gasteiger partial charge in [0.15, 0.2) is 0 Å². The van der Waals surface area contributed by atoms with E-state index in [1.165, 1.54) is 11.1 Å². The first-order valence-electron chi connectivity index (χ1n) is 11.1. The number of piperazine rings is 1. The third kappa shape index (κ3) is 5.66. The van der Waals surface area contributed by atoms with Gasteiger partial charge in [0.1, 0.15) is 5.82 Å². The highest BCUT2D eigenvalue weighted by Gasteiger charge is 2.24. The monoisotopic (exact) mass is 420 g/mol. The first-order valence-corrected chi connectivity index (χ1v) is 11.1. The Bertz CT molecular complexity index is 912. The van der Waals surface area contributed by atoms with Crippen molar-refractivity contribution in [1.29, 1.82) is 0 Å². The predicted octanol–water partition coefficient (Wildman–Crippen LogP) is 4.70. The first-order chi connectivity index (χ1) is 14.7. The van der Waals surface area contributed by atoms with E-state index in [2.05, 4.69) is 62.2 Å². The van der Waals surface area contributed by atoms with Crippen LogP contribution < -0.4 is 9.80 Å². The molecule has 0 spiro atoms. The number of amides is 1. The summed E-state index contributed by atoms with van der Waals surface area (Å²) in [6.45, 7) is 16.5. The van der Waals surface area contributed by atoms with Crippen molar-refractivity contribution in [3.05, 3.63) is 65.9 Å². The molecular formula is C26H36N4O. The molecule has 0 unspecified atom stereocenters. The highest BCUT2D eigenvalue weighted by molar-refractivity contribution is 5.94. The van der Waals surface area contributed by atoms with Crippen LogP contribution in [0.1, 0.15) is 41.8 Å². The summed E-state index contributed by atoms with van der Waals surface area (Å²) in [5.74, 6) is 1.14. The number of rotatable bonds is 7. The molecule has 0 saturated carbocycles. The quantitative estimate of drug-likeness (QED) is 0.609. The molecule has 2 aromatic rings. The minimum Gasteiger partial charge on any atom is -0.374 e. The van der Waals surface area contributed by atoms with Crippen LogP contribution in [0.25, 0.3) is 0 Å². The van der Waals surface area contributed by atoms with E-state index in [4.69, 9.17) is 0 Å². The number of pyridine rings is 1. The normalized spacial score (nSPS) is 14.5. The average molecular weight is 421 g/mol. The number of carbonyl (C=O) groups is 1. The van der Waals surface area contributed by atoms with Gasteiger partial charge in [0, 0.05) is 57.2 Å². The number of carbonyl (C=O) groups excluding carboxylic acids is 1. The molecule has 0 radical (unpaired) electrons. The summed E-state index contributed by atoms with van der Waals surface area (Å²) in [5, 5.41) is 0. The maximum Gasteiger partial charge on any atom is 0.253 e. The molecule has 5 nitrogen and oxygen atoms in total. The van der Waals surface area contributed by atoms with E-state index in [9.17, 15) is 4.79 Å². The number of hydrogen-bond acceptors (Lipinski definition) is 4. The van der Waals surface area contributed by atoms with Crippen LogP contribution in [0.5, 0.6) is 0 Å². The lowest BCUT2D eigenvalue weighted by Crippen LogP contribution is -2.49. The molecule has 1 aromatic carbocycles. The Morgan fingerprint density at radius 1 is 1.16 bits per heavy atom. The van der Waals surface area contributed by atoms with Crippen molar-refractivity contribution in [3.63, 3.8) is 0 Å². The Balaban J connectivity index is 1.59. The zero-order chi connectivity index (χ0) is 22.6. The second kappa shape index (κ2) is 9.54. The van der Waals surface area contributed by atoms with Crippen LogP contribution in [-0.2, 0) is 0 Å². The van der Waals surface area contributed by atoms with Crippen molar-refractivity contribution < 1.29 is 4.79 Å². The maximum absolute atomic E-state index is 13.0. The molecule has 2 heterocycles. The molecule has 166 valence electrons. The topological polar surface area (TPSA) is 39.7 Å². The van der Waals surface area contributed by atoms with Crippen molar-refractivity contribution >= 4 is 17.4 Å². The Morgan fingerprint density at radius 3 is 2.39 bits per heavy atom. The lowest BCUT2D eigenvalue weighted by Gasteiger charge is -2.36. The third-order valence-electron chi connectivity index (χ3n) is 5.97. The number of aryl methyl sites for hydroxylation is 2. The molecule has 5 heteroatoms. The van der Waals surface area contributed by atoms with Crippen molar-refractivity contribution in [2.45, 2.75) is 34.1 Å². The number of hydrogen-bond donors (Lipinski definition) is 0. The summed E-state index contributed by atoms with van der Waals surface area (Å²) in [7, 11) is 2.10. The summed E-state index contributed by atoms with van der Waals surface area (Å²) < 4.78 is 0. The Labute approximate surface area is 187 Å². The summed E-state index contributed by atoms with van der Waals surface area (Å²) in [5.41, 5.74) is 4.40. The molecule has 1 fully saturated rings. The summed E-state index contributed by atoms with van der Waals surface area (Å²) in [6.07, 6.45) is 4.86. The van der Waals surface area contributed by atoms with Crippen LogP contribution in [0.4, 0.5) is 11.5 Å². The van der Waals surface area contributed by atoms with E-state index < -0.39 is 0 Å². The van der Waals surface area contributed by atoms with Gasteiger partial charge in [-0.2, -0.15) is 0 Å². The fourth-order valence-corrected chi connectivity index (χ4v) is 4.39. The number of allylic oxidation sites excluding steroid dienone is 1. The molecule has 0 N–H and O–H groups in total. The van der Waals surface area contributed by atoms with E-state index in [1.807, 2.05) is 41.4 Å². The fraction of sp³-hybridized carbons (Fsp3) is 0.462. The molecule has 1 amide bonds. The highest BCUT2D eigenvalue weighted by Crippen LogP contribution is 2.25. The number of aromatic nitrogens is 1. The average Bonchev–Trinajstić information content (AvgIpc) is 2.73. The number of anilines is 2. The van der Waals surface area contributed by atoms with Crippen LogP contribution in [0.2, 0.25) is 0 Å². The molecular weight excluding hydrogens is 384 g/mol. The lowest BCUT2D eigenvalue weighted by molar-refractivity contribution is 0.0746. The zero-order valence-electron chi connectivity index (χ0n) is 19.7. The van der Waals surface area contributed by atoms with E-state index in [0.29, 0.717) is 13.1 Å². The minimum absolute atomic E-state index is 0.106. The van der Waals surface area contributed by atoms with Crippen LogP contribution in [-0.4, -0.2) is 55.6 Å². The van der Waals surface area contributed by atoms with Gasteiger partial charge in [-0.25, -0.2) is 4.98 Å². The van der Waals surface area contributed by atoms with E-state index in [0.717, 1.165) is 43.1 Å². The largest absolute Gasteiger partial charge is 0.374 e. The third-order valence-corrected chi connectivity index (χ3v) is 5.97. The Morgan fingerprint density at radius 2 is 1.81 bits per heavy atom. The first kappa shape index (κ1) is 22.9. The molecule has 3 rings (SSSR count). The van der Waals surface area contributed by atoms with Gasteiger partial charge in [-0.3, -0.25) is 4.79 Å². The maximum atomic E-state index is 13.0. The fourth-order valence-electron chi connectivity index (χ4n) is 4.39. The second-order valence-corrected chi connectivity index (χ2v) is 9.49.